The zero-order chi connectivity index (χ0) is 10.9. The van der Waals surface area contributed by atoms with E-state index in [4.69, 9.17) is 5.73 Å². The first-order chi connectivity index (χ1) is 6.30. The van der Waals surface area contributed by atoms with Gasteiger partial charge in [-0.1, -0.05) is 0 Å². The van der Waals surface area contributed by atoms with Gasteiger partial charge in [0.05, 0.1) is 10.9 Å². The predicted octanol–water partition coefficient (Wildman–Crippen LogP) is -1.46. The minimum absolute atomic E-state index is 0.124. The standard InChI is InChI=1S/C7H7NO5S/c8-5-1-4(7(9)10)2-6(3-5)14(11,12)13/h1-3H,8H2,(H,9,10)(H,11,12,13)/p-2. The molecule has 0 aliphatic rings. The van der Waals surface area contributed by atoms with Gasteiger partial charge in [-0.05, 0) is 18.2 Å². The van der Waals surface area contributed by atoms with Gasteiger partial charge in [0.15, 0.2) is 0 Å². The van der Waals surface area contributed by atoms with Crippen molar-refractivity contribution in [2.45, 2.75) is 4.90 Å². The monoisotopic (exact) mass is 215 g/mol. The van der Waals surface area contributed by atoms with Crippen LogP contribution in [0, 0.1) is 0 Å². The molecule has 0 aromatic heterocycles. The number of carboxylic acids is 1. The summed E-state index contributed by atoms with van der Waals surface area (Å²) >= 11 is 0. The lowest BCUT2D eigenvalue weighted by Crippen LogP contribution is -2.22. The molecule has 0 heterocycles. The Morgan fingerprint density at radius 1 is 1.29 bits per heavy atom. The van der Waals surface area contributed by atoms with Gasteiger partial charge in [0.2, 0.25) is 0 Å². The van der Waals surface area contributed by atoms with Crippen LogP contribution in [0.4, 0.5) is 5.69 Å². The number of carbonyl (C=O) groups is 1. The van der Waals surface area contributed by atoms with Gasteiger partial charge in [0, 0.05) is 11.3 Å². The molecule has 76 valence electrons. The maximum atomic E-state index is 10.5. The fraction of sp³-hybridized carbons (Fsp3) is 0. The Labute approximate surface area is 79.7 Å². The summed E-state index contributed by atoms with van der Waals surface area (Å²) in [6, 6.07) is 2.59. The molecule has 0 atom stereocenters. The second kappa shape index (κ2) is 3.28. The normalized spacial score (nSPS) is 11.2. The van der Waals surface area contributed by atoms with E-state index in [0.29, 0.717) is 6.07 Å². The summed E-state index contributed by atoms with van der Waals surface area (Å²) < 4.78 is 31.6. The smallest absolute Gasteiger partial charge is 0.124 e. The number of anilines is 1. The number of benzene rings is 1. The first-order valence-corrected chi connectivity index (χ1v) is 4.79. The molecular formula is C7H5NO5S-2. The lowest BCUT2D eigenvalue weighted by molar-refractivity contribution is -0.255. The molecule has 0 radical (unpaired) electrons. The van der Waals surface area contributed by atoms with Gasteiger partial charge in [-0.15, -0.1) is 0 Å². The van der Waals surface area contributed by atoms with Crippen molar-refractivity contribution in [2.75, 3.05) is 5.73 Å². The van der Waals surface area contributed by atoms with E-state index in [0.717, 1.165) is 12.1 Å². The van der Waals surface area contributed by atoms with Crippen LogP contribution in [0.2, 0.25) is 0 Å². The number of hydrogen-bond acceptors (Lipinski definition) is 6. The number of rotatable bonds is 2. The van der Waals surface area contributed by atoms with E-state index >= 15 is 0 Å². The third kappa shape index (κ3) is 2.21. The van der Waals surface area contributed by atoms with Crippen molar-refractivity contribution in [2.24, 2.45) is 0 Å². The number of hydrogen-bond donors (Lipinski definition) is 1. The molecule has 0 saturated carbocycles. The van der Waals surface area contributed by atoms with Gasteiger partial charge < -0.3 is 20.2 Å². The first kappa shape index (κ1) is 10.5. The van der Waals surface area contributed by atoms with Gasteiger partial charge in [0.1, 0.15) is 10.1 Å². The highest BCUT2D eigenvalue weighted by atomic mass is 32.2. The van der Waals surface area contributed by atoms with E-state index in [9.17, 15) is 22.9 Å². The van der Waals surface area contributed by atoms with Gasteiger partial charge >= 0.3 is 0 Å². The van der Waals surface area contributed by atoms with Crippen molar-refractivity contribution in [1.29, 1.82) is 0 Å². The number of nitrogens with two attached hydrogens (primary N) is 1. The second-order valence-corrected chi connectivity index (χ2v) is 3.91. The van der Waals surface area contributed by atoms with E-state index < -0.39 is 26.5 Å². The topological polar surface area (TPSA) is 123 Å². The van der Waals surface area contributed by atoms with Crippen LogP contribution < -0.4 is 10.8 Å². The highest BCUT2D eigenvalue weighted by Crippen LogP contribution is 2.15. The van der Waals surface area contributed by atoms with Gasteiger partial charge in [-0.3, -0.25) is 0 Å². The van der Waals surface area contributed by atoms with Crippen LogP contribution >= 0.6 is 0 Å². The fourth-order valence-electron chi connectivity index (χ4n) is 0.884. The molecule has 1 aromatic rings. The summed E-state index contributed by atoms with van der Waals surface area (Å²) in [6.07, 6.45) is 0. The Kier molecular flexibility index (Phi) is 2.45. The molecule has 0 fully saturated rings. The molecule has 0 unspecified atom stereocenters. The number of aromatic carboxylic acids is 1. The van der Waals surface area contributed by atoms with E-state index in [1.165, 1.54) is 0 Å². The fourth-order valence-corrected chi connectivity index (χ4v) is 1.44. The Bertz CT molecular complexity index is 479. The van der Waals surface area contributed by atoms with Crippen molar-refractivity contribution in [3.8, 4) is 0 Å². The molecule has 7 heteroatoms. The number of carbonyl (C=O) groups excluding carboxylic acids is 1. The van der Waals surface area contributed by atoms with Crippen LogP contribution in [0.5, 0.6) is 0 Å². The Balaban J connectivity index is 3.43. The number of nitrogen functional groups attached to an aromatic ring is 1. The SMILES string of the molecule is Nc1cc(C(=O)[O-])cc(S(=O)(=O)[O-])c1. The molecule has 0 spiro atoms. The third-order valence-corrected chi connectivity index (χ3v) is 2.27. The summed E-state index contributed by atoms with van der Waals surface area (Å²) in [7, 11) is -4.70. The van der Waals surface area contributed by atoms with Crippen molar-refractivity contribution < 1.29 is 22.9 Å². The minimum atomic E-state index is -4.70. The molecule has 6 nitrogen and oxygen atoms in total. The van der Waals surface area contributed by atoms with Crippen LogP contribution in [-0.2, 0) is 10.1 Å². The molecule has 0 saturated heterocycles. The molecule has 1 rings (SSSR count). The quantitative estimate of drug-likeness (QED) is 0.474. The van der Waals surface area contributed by atoms with E-state index in [2.05, 4.69) is 0 Å². The summed E-state index contributed by atoms with van der Waals surface area (Å²) in [5, 5.41) is 10.4. The lowest BCUT2D eigenvalue weighted by atomic mass is 10.2. The van der Waals surface area contributed by atoms with Crippen LogP contribution in [0.1, 0.15) is 10.4 Å². The van der Waals surface area contributed by atoms with E-state index in [1.807, 2.05) is 0 Å². The van der Waals surface area contributed by atoms with Crippen LogP contribution in [0.25, 0.3) is 0 Å². The van der Waals surface area contributed by atoms with Crippen LogP contribution in [-0.4, -0.2) is 18.9 Å². The summed E-state index contributed by atoms with van der Waals surface area (Å²) in [4.78, 5) is 9.69. The maximum Gasteiger partial charge on any atom is 0.124 e. The Hall–Kier alpha value is -1.60. The summed E-state index contributed by atoms with van der Waals surface area (Å²) in [5.74, 6) is -1.60. The average molecular weight is 215 g/mol. The third-order valence-electron chi connectivity index (χ3n) is 1.45. The lowest BCUT2D eigenvalue weighted by Gasteiger charge is -2.10. The average Bonchev–Trinajstić information content (AvgIpc) is 2.01. The highest BCUT2D eigenvalue weighted by molar-refractivity contribution is 7.85. The molecule has 1 aromatic carbocycles. The second-order valence-electron chi connectivity index (χ2n) is 2.53. The van der Waals surface area contributed by atoms with Gasteiger partial charge in [0.25, 0.3) is 0 Å². The highest BCUT2D eigenvalue weighted by Gasteiger charge is 2.05. The molecule has 0 aliphatic carbocycles. The molecular weight excluding hydrogens is 210 g/mol. The van der Waals surface area contributed by atoms with Crippen LogP contribution in [0.15, 0.2) is 23.1 Å². The number of carboxylic acid groups (broad SMARTS) is 1. The zero-order valence-electron chi connectivity index (χ0n) is 6.76. The predicted molar refractivity (Wildman–Crippen MR) is 43.1 cm³/mol. The molecule has 0 aliphatic heterocycles. The summed E-state index contributed by atoms with van der Waals surface area (Å²) in [6.45, 7) is 0. The van der Waals surface area contributed by atoms with E-state index in [-0.39, 0.29) is 5.69 Å². The molecule has 0 bridgehead atoms. The first-order valence-electron chi connectivity index (χ1n) is 3.38. The zero-order valence-corrected chi connectivity index (χ0v) is 7.58. The minimum Gasteiger partial charge on any atom is -0.744 e. The summed E-state index contributed by atoms with van der Waals surface area (Å²) in [5.41, 5.74) is 4.63. The Morgan fingerprint density at radius 2 is 1.86 bits per heavy atom. The van der Waals surface area contributed by atoms with Crippen LogP contribution in [0.3, 0.4) is 0 Å². The van der Waals surface area contributed by atoms with Crippen molar-refractivity contribution >= 4 is 21.8 Å². The largest absolute Gasteiger partial charge is 0.744 e. The van der Waals surface area contributed by atoms with E-state index in [1.54, 1.807) is 0 Å². The van der Waals surface area contributed by atoms with Crippen molar-refractivity contribution in [3.05, 3.63) is 23.8 Å². The van der Waals surface area contributed by atoms with Crippen molar-refractivity contribution in [3.63, 3.8) is 0 Å². The Morgan fingerprint density at radius 3 is 2.29 bits per heavy atom. The molecule has 14 heavy (non-hydrogen) atoms. The van der Waals surface area contributed by atoms with Gasteiger partial charge in [-0.2, -0.15) is 0 Å². The molecule has 0 amide bonds. The van der Waals surface area contributed by atoms with Gasteiger partial charge in [-0.25, -0.2) is 8.42 Å². The van der Waals surface area contributed by atoms with Crippen molar-refractivity contribution in [1.82, 2.24) is 0 Å². The maximum absolute atomic E-state index is 10.5. The molecule has 2 N–H and O–H groups in total.